The fourth-order valence-electron chi connectivity index (χ4n) is 1.62. The maximum Gasteiger partial charge on any atom is 0.416 e. The predicted octanol–water partition coefficient (Wildman–Crippen LogP) is 0.627. The second-order valence-electron chi connectivity index (χ2n) is 5.47. The SMILES string of the molecule is C[N+](C)(C)c1cc(Oc2cc(C(F)(F)F)ccc2F)ncn1.[Cl-]. The number of ether oxygens (including phenoxy) is 1. The molecule has 0 N–H and O–H groups in total. The minimum atomic E-state index is -4.58. The Bertz CT molecular complexity index is 686. The zero-order chi connectivity index (χ0) is 16.5. The zero-order valence-corrected chi connectivity index (χ0v) is 13.3. The first-order valence-corrected chi connectivity index (χ1v) is 6.26. The number of hydrogen-bond acceptors (Lipinski definition) is 3. The molecule has 9 heteroatoms. The lowest BCUT2D eigenvalue weighted by Crippen LogP contribution is -3.00. The second kappa shape index (κ2) is 6.67. The summed E-state index contributed by atoms with van der Waals surface area (Å²) in [6.45, 7) is 0. The molecule has 2 rings (SSSR count). The Morgan fingerprint density at radius 1 is 1.04 bits per heavy atom. The van der Waals surface area contributed by atoms with Crippen LogP contribution in [0.5, 0.6) is 11.6 Å². The van der Waals surface area contributed by atoms with Crippen LogP contribution in [0.4, 0.5) is 23.4 Å². The Kier molecular flexibility index (Phi) is 5.55. The lowest BCUT2D eigenvalue weighted by molar-refractivity contribution is -0.137. The van der Waals surface area contributed by atoms with E-state index in [9.17, 15) is 17.6 Å². The van der Waals surface area contributed by atoms with Crippen molar-refractivity contribution >= 4 is 5.82 Å². The van der Waals surface area contributed by atoms with Crippen molar-refractivity contribution in [2.75, 3.05) is 21.1 Å². The summed E-state index contributed by atoms with van der Waals surface area (Å²) in [5.74, 6) is -0.909. The van der Waals surface area contributed by atoms with Crippen molar-refractivity contribution in [1.29, 1.82) is 0 Å². The first-order valence-electron chi connectivity index (χ1n) is 6.26. The van der Waals surface area contributed by atoms with Crippen LogP contribution < -0.4 is 21.6 Å². The third-order valence-corrected chi connectivity index (χ3v) is 2.79. The highest BCUT2D eigenvalue weighted by Gasteiger charge is 2.31. The van der Waals surface area contributed by atoms with Crippen LogP contribution in [0.2, 0.25) is 0 Å². The molecule has 0 amide bonds. The van der Waals surface area contributed by atoms with Crippen LogP contribution >= 0.6 is 0 Å². The van der Waals surface area contributed by atoms with Gasteiger partial charge in [-0.05, 0) is 18.2 Å². The molecule has 0 unspecified atom stereocenters. The minimum Gasteiger partial charge on any atom is -1.00 e. The number of hydrogen-bond donors (Lipinski definition) is 0. The Morgan fingerprint density at radius 3 is 2.26 bits per heavy atom. The Hall–Kier alpha value is -1.93. The van der Waals surface area contributed by atoms with Crippen molar-refractivity contribution in [3.05, 3.63) is 42.0 Å². The Morgan fingerprint density at radius 2 is 1.70 bits per heavy atom. The van der Waals surface area contributed by atoms with E-state index in [0.29, 0.717) is 28.5 Å². The first kappa shape index (κ1) is 19.1. The highest BCUT2D eigenvalue weighted by Crippen LogP contribution is 2.34. The van der Waals surface area contributed by atoms with Gasteiger partial charge in [0.25, 0.3) is 0 Å². The van der Waals surface area contributed by atoms with Crippen LogP contribution in [0.1, 0.15) is 5.56 Å². The average molecular weight is 352 g/mol. The van der Waals surface area contributed by atoms with Crippen LogP contribution in [0.15, 0.2) is 30.6 Å². The predicted molar refractivity (Wildman–Crippen MR) is 73.1 cm³/mol. The highest BCUT2D eigenvalue weighted by atomic mass is 35.5. The summed E-state index contributed by atoms with van der Waals surface area (Å²) in [6, 6.07) is 3.41. The largest absolute Gasteiger partial charge is 1.00 e. The van der Waals surface area contributed by atoms with Crippen LogP contribution in [-0.4, -0.2) is 31.1 Å². The van der Waals surface area contributed by atoms with Crippen molar-refractivity contribution in [1.82, 2.24) is 14.5 Å². The molecule has 0 aliphatic heterocycles. The van der Waals surface area contributed by atoms with E-state index < -0.39 is 23.3 Å². The number of aromatic nitrogens is 2. The van der Waals surface area contributed by atoms with Gasteiger partial charge in [-0.3, -0.25) is 4.48 Å². The molecule has 4 nitrogen and oxygen atoms in total. The third-order valence-electron chi connectivity index (χ3n) is 2.79. The number of rotatable bonds is 3. The average Bonchev–Trinajstić information content (AvgIpc) is 2.39. The van der Waals surface area contributed by atoms with E-state index in [4.69, 9.17) is 4.74 Å². The summed E-state index contributed by atoms with van der Waals surface area (Å²) >= 11 is 0. The topological polar surface area (TPSA) is 35.0 Å². The van der Waals surface area contributed by atoms with E-state index in [0.717, 1.165) is 0 Å². The molecule has 1 aromatic carbocycles. The van der Waals surface area contributed by atoms with Gasteiger partial charge in [-0.25, -0.2) is 9.37 Å². The van der Waals surface area contributed by atoms with Crippen LogP contribution in [-0.2, 0) is 6.18 Å². The molecule has 126 valence electrons. The number of benzene rings is 1. The quantitative estimate of drug-likeness (QED) is 0.601. The number of quaternary nitrogens is 1. The van der Waals surface area contributed by atoms with Gasteiger partial charge in [0.1, 0.15) is 6.33 Å². The van der Waals surface area contributed by atoms with Gasteiger partial charge in [-0.1, -0.05) is 0 Å². The highest BCUT2D eigenvalue weighted by molar-refractivity contribution is 5.39. The molecule has 0 atom stereocenters. The van der Waals surface area contributed by atoms with Gasteiger partial charge in [0.05, 0.1) is 32.8 Å². The lowest BCUT2D eigenvalue weighted by Gasteiger charge is -2.21. The van der Waals surface area contributed by atoms with Gasteiger partial charge in [0, 0.05) is 0 Å². The molecule has 23 heavy (non-hydrogen) atoms. The summed E-state index contributed by atoms with van der Waals surface area (Å²) in [5, 5.41) is 0. The van der Waals surface area contributed by atoms with E-state index in [2.05, 4.69) is 9.97 Å². The number of alkyl halides is 3. The fourth-order valence-corrected chi connectivity index (χ4v) is 1.62. The smallest absolute Gasteiger partial charge is 0.416 e. The van der Waals surface area contributed by atoms with E-state index in [1.54, 1.807) is 0 Å². The van der Waals surface area contributed by atoms with E-state index >= 15 is 0 Å². The Labute approximate surface area is 136 Å². The van der Waals surface area contributed by atoms with Gasteiger partial charge >= 0.3 is 6.18 Å². The van der Waals surface area contributed by atoms with Crippen LogP contribution in [0.25, 0.3) is 0 Å². The summed E-state index contributed by atoms with van der Waals surface area (Å²) in [7, 11) is 5.53. The van der Waals surface area contributed by atoms with Crippen LogP contribution in [0, 0.1) is 5.82 Å². The molecule has 0 radical (unpaired) electrons. The van der Waals surface area contributed by atoms with Crippen molar-refractivity contribution < 1.29 is 34.7 Å². The first-order chi connectivity index (χ1) is 10.1. The monoisotopic (exact) mass is 351 g/mol. The summed E-state index contributed by atoms with van der Waals surface area (Å²) in [6.07, 6.45) is -3.37. The van der Waals surface area contributed by atoms with Crippen molar-refractivity contribution in [3.8, 4) is 11.6 Å². The summed E-state index contributed by atoms with van der Waals surface area (Å²) in [5.41, 5.74) is -0.996. The molecule has 0 fully saturated rings. The summed E-state index contributed by atoms with van der Waals surface area (Å²) in [4.78, 5) is 7.83. The molecule has 0 bridgehead atoms. The molecule has 0 saturated heterocycles. The molecule has 1 heterocycles. The molecule has 0 spiro atoms. The lowest BCUT2D eigenvalue weighted by atomic mass is 10.2. The van der Waals surface area contributed by atoms with E-state index in [1.807, 2.05) is 21.1 Å². The minimum absolute atomic E-state index is 0. The molecular weight excluding hydrogens is 338 g/mol. The van der Waals surface area contributed by atoms with Crippen molar-refractivity contribution in [2.45, 2.75) is 6.18 Å². The van der Waals surface area contributed by atoms with E-state index in [-0.39, 0.29) is 18.3 Å². The third kappa shape index (κ3) is 4.77. The zero-order valence-electron chi connectivity index (χ0n) is 12.5. The van der Waals surface area contributed by atoms with Gasteiger partial charge in [-0.15, -0.1) is 0 Å². The van der Waals surface area contributed by atoms with E-state index in [1.165, 1.54) is 12.4 Å². The van der Waals surface area contributed by atoms with Gasteiger partial charge in [0.15, 0.2) is 11.6 Å². The molecule has 0 saturated carbocycles. The second-order valence-corrected chi connectivity index (χ2v) is 5.47. The molecule has 0 aliphatic carbocycles. The Balaban J connectivity index is 0.00000264. The van der Waals surface area contributed by atoms with Crippen molar-refractivity contribution in [2.24, 2.45) is 0 Å². The molecular formula is C14H14ClF4N3O. The summed E-state index contributed by atoms with van der Waals surface area (Å²) < 4.78 is 57.1. The normalized spacial score (nSPS) is 11.8. The molecule has 1 aromatic heterocycles. The van der Waals surface area contributed by atoms with Gasteiger partial charge in [-0.2, -0.15) is 18.2 Å². The fraction of sp³-hybridized carbons (Fsp3) is 0.286. The standard InChI is InChI=1S/C14H14F4N3O.ClH/c1-21(2,3)12-7-13(20-8-19-12)22-11-6-9(14(16,17)18)4-5-10(11)15;/h4-8H,1-3H3;1H/q+1;/p-1. The maximum atomic E-state index is 13.6. The molecule has 0 aliphatic rings. The van der Waals surface area contributed by atoms with Gasteiger partial charge < -0.3 is 17.1 Å². The van der Waals surface area contributed by atoms with Gasteiger partial charge in [0.2, 0.25) is 11.7 Å². The van der Waals surface area contributed by atoms with Crippen LogP contribution in [0.3, 0.4) is 0 Å². The molecule has 2 aromatic rings. The number of nitrogens with zero attached hydrogens (tertiary/aromatic N) is 3. The number of halogens is 5. The van der Waals surface area contributed by atoms with Crippen molar-refractivity contribution in [3.63, 3.8) is 0 Å². The maximum absolute atomic E-state index is 13.6.